The summed E-state index contributed by atoms with van der Waals surface area (Å²) in [6.45, 7) is 1.80. The van der Waals surface area contributed by atoms with E-state index in [2.05, 4.69) is 28.1 Å². The van der Waals surface area contributed by atoms with E-state index in [9.17, 15) is 9.18 Å². The van der Waals surface area contributed by atoms with Gasteiger partial charge in [0.1, 0.15) is 12.1 Å². The summed E-state index contributed by atoms with van der Waals surface area (Å²) >= 11 is 3.95. The summed E-state index contributed by atoms with van der Waals surface area (Å²) in [6, 6.07) is 3.71. The highest BCUT2D eigenvalue weighted by Crippen LogP contribution is 2.15. The van der Waals surface area contributed by atoms with Gasteiger partial charge in [-0.3, -0.25) is 4.79 Å². The third-order valence-electron chi connectivity index (χ3n) is 2.69. The zero-order valence-electron chi connectivity index (χ0n) is 10.5. The number of carbonyl (C=O) groups excluding carboxylic acids is 1. The molecule has 1 N–H and O–H groups in total. The Bertz CT molecular complexity index is 614. The summed E-state index contributed by atoms with van der Waals surface area (Å²) in [5.74, 6) is -0.131. The molecule has 1 atom stereocenters. The number of hydrogen-bond donors (Lipinski definition) is 2. The number of nitrogens with zero attached hydrogens (tertiary/aromatic N) is 3. The van der Waals surface area contributed by atoms with Crippen LogP contribution in [0.1, 0.15) is 29.1 Å². The summed E-state index contributed by atoms with van der Waals surface area (Å²) in [7, 11) is 1.79. The maximum absolute atomic E-state index is 13.1. The molecule has 5 nitrogen and oxygen atoms in total. The number of halogens is 1. The van der Waals surface area contributed by atoms with Crippen LogP contribution in [0.4, 0.5) is 4.39 Å². The minimum atomic E-state index is -0.457. The van der Waals surface area contributed by atoms with Crippen molar-refractivity contribution >= 4 is 18.5 Å². The molecule has 7 heteroatoms. The molecule has 0 saturated carbocycles. The molecular formula is C12H13FN4OS. The van der Waals surface area contributed by atoms with Crippen LogP contribution < -0.4 is 5.32 Å². The van der Waals surface area contributed by atoms with Crippen molar-refractivity contribution in [2.75, 3.05) is 0 Å². The summed E-state index contributed by atoms with van der Waals surface area (Å²) in [5.41, 5.74) is 0.348. The van der Waals surface area contributed by atoms with Gasteiger partial charge >= 0.3 is 0 Å². The van der Waals surface area contributed by atoms with Gasteiger partial charge in [-0.15, -0.1) is 22.8 Å². The molecule has 0 spiro atoms. The lowest BCUT2D eigenvalue weighted by Crippen LogP contribution is -2.28. The minimum Gasteiger partial charge on any atom is -0.342 e. The molecule has 1 aromatic heterocycles. The van der Waals surface area contributed by atoms with Crippen LogP contribution in [0.5, 0.6) is 0 Å². The molecule has 0 aliphatic heterocycles. The number of hydrogen-bond acceptors (Lipinski definition) is 4. The van der Waals surface area contributed by atoms with Crippen molar-refractivity contribution in [2.24, 2.45) is 7.05 Å². The third kappa shape index (κ3) is 2.93. The van der Waals surface area contributed by atoms with Gasteiger partial charge in [-0.05, 0) is 25.1 Å². The van der Waals surface area contributed by atoms with Gasteiger partial charge in [0.15, 0.2) is 5.82 Å². The van der Waals surface area contributed by atoms with E-state index in [1.807, 2.05) is 0 Å². The molecule has 100 valence electrons. The van der Waals surface area contributed by atoms with E-state index in [1.54, 1.807) is 24.9 Å². The van der Waals surface area contributed by atoms with Gasteiger partial charge in [0.25, 0.3) is 5.91 Å². The highest BCUT2D eigenvalue weighted by Gasteiger charge is 2.16. The molecule has 0 aliphatic rings. The van der Waals surface area contributed by atoms with Crippen molar-refractivity contribution in [2.45, 2.75) is 17.9 Å². The van der Waals surface area contributed by atoms with Crippen LogP contribution in [0.3, 0.4) is 0 Å². The summed E-state index contributed by atoms with van der Waals surface area (Å²) in [5, 5.41) is 10.4. The van der Waals surface area contributed by atoms with Crippen molar-refractivity contribution < 1.29 is 9.18 Å². The molecule has 2 rings (SSSR count). The first-order valence-electron chi connectivity index (χ1n) is 5.62. The van der Waals surface area contributed by atoms with Crippen LogP contribution in [0.2, 0.25) is 0 Å². The molecule has 1 amide bonds. The molecule has 0 radical (unpaired) electrons. The van der Waals surface area contributed by atoms with Crippen LogP contribution in [-0.2, 0) is 7.05 Å². The quantitative estimate of drug-likeness (QED) is 0.842. The molecule has 1 aromatic carbocycles. The summed E-state index contributed by atoms with van der Waals surface area (Å²) in [4.78, 5) is 12.1. The summed E-state index contributed by atoms with van der Waals surface area (Å²) < 4.78 is 14.8. The predicted molar refractivity (Wildman–Crippen MR) is 70.5 cm³/mol. The lowest BCUT2D eigenvalue weighted by molar-refractivity contribution is 0.0937. The van der Waals surface area contributed by atoms with Crippen molar-refractivity contribution in [3.05, 3.63) is 41.7 Å². The number of amides is 1. The van der Waals surface area contributed by atoms with Crippen LogP contribution in [-0.4, -0.2) is 20.7 Å². The standard InChI is InChI=1S/C12H13FN4OS/c1-7(11-16-14-6-17(11)2)15-12(18)8-3-4-9(13)10(19)5-8/h3-7,19H,1-2H3,(H,15,18). The van der Waals surface area contributed by atoms with E-state index < -0.39 is 5.82 Å². The fourth-order valence-electron chi connectivity index (χ4n) is 1.68. The first-order valence-corrected chi connectivity index (χ1v) is 6.07. The minimum absolute atomic E-state index is 0.138. The Hall–Kier alpha value is -1.89. The van der Waals surface area contributed by atoms with Crippen LogP contribution in [0, 0.1) is 5.82 Å². The lowest BCUT2D eigenvalue weighted by Gasteiger charge is -2.13. The number of aryl methyl sites for hydroxylation is 1. The van der Waals surface area contributed by atoms with E-state index in [-0.39, 0.29) is 16.8 Å². The van der Waals surface area contributed by atoms with Gasteiger partial charge in [-0.2, -0.15) is 0 Å². The van der Waals surface area contributed by atoms with Crippen molar-refractivity contribution in [1.29, 1.82) is 0 Å². The maximum atomic E-state index is 13.1. The van der Waals surface area contributed by atoms with Gasteiger partial charge in [0.2, 0.25) is 0 Å². The SMILES string of the molecule is CC(NC(=O)c1ccc(F)c(S)c1)c1nncn1C. The third-order valence-corrected chi connectivity index (χ3v) is 3.03. The number of nitrogens with one attached hydrogen (secondary N) is 1. The van der Waals surface area contributed by atoms with Crippen LogP contribution in [0.25, 0.3) is 0 Å². The van der Waals surface area contributed by atoms with Crippen LogP contribution in [0.15, 0.2) is 29.4 Å². The Labute approximate surface area is 115 Å². The average Bonchev–Trinajstić information content (AvgIpc) is 2.79. The van der Waals surface area contributed by atoms with E-state index in [0.717, 1.165) is 0 Å². The Morgan fingerprint density at radius 3 is 2.84 bits per heavy atom. The molecule has 0 bridgehead atoms. The van der Waals surface area contributed by atoms with E-state index >= 15 is 0 Å². The lowest BCUT2D eigenvalue weighted by atomic mass is 10.2. The summed E-state index contributed by atoms with van der Waals surface area (Å²) in [6.07, 6.45) is 1.56. The number of aromatic nitrogens is 3. The molecular weight excluding hydrogens is 267 g/mol. The molecule has 2 aromatic rings. The van der Waals surface area contributed by atoms with E-state index in [0.29, 0.717) is 11.4 Å². The molecule has 1 unspecified atom stereocenters. The largest absolute Gasteiger partial charge is 0.342 e. The molecule has 19 heavy (non-hydrogen) atoms. The normalized spacial score (nSPS) is 12.2. The fraction of sp³-hybridized carbons (Fsp3) is 0.250. The number of carbonyl (C=O) groups is 1. The number of rotatable bonds is 3. The van der Waals surface area contributed by atoms with Gasteiger partial charge in [-0.1, -0.05) is 0 Å². The topological polar surface area (TPSA) is 59.8 Å². The van der Waals surface area contributed by atoms with Crippen molar-refractivity contribution in [3.8, 4) is 0 Å². The van der Waals surface area contributed by atoms with Gasteiger partial charge in [-0.25, -0.2) is 4.39 Å². The highest BCUT2D eigenvalue weighted by molar-refractivity contribution is 7.80. The Morgan fingerprint density at radius 1 is 1.53 bits per heavy atom. The Kier molecular flexibility index (Phi) is 3.84. The maximum Gasteiger partial charge on any atom is 0.251 e. The van der Waals surface area contributed by atoms with Gasteiger partial charge < -0.3 is 9.88 Å². The first-order chi connectivity index (χ1) is 8.99. The monoisotopic (exact) mass is 280 g/mol. The van der Waals surface area contributed by atoms with Gasteiger partial charge in [0.05, 0.1) is 6.04 Å². The second-order valence-corrected chi connectivity index (χ2v) is 4.64. The van der Waals surface area contributed by atoms with E-state index in [1.165, 1.54) is 18.2 Å². The van der Waals surface area contributed by atoms with Crippen molar-refractivity contribution in [3.63, 3.8) is 0 Å². The zero-order chi connectivity index (χ0) is 14.0. The predicted octanol–water partition coefficient (Wildman–Crippen LogP) is 1.73. The molecule has 0 saturated heterocycles. The first kappa shape index (κ1) is 13.5. The van der Waals surface area contributed by atoms with Crippen LogP contribution >= 0.6 is 12.6 Å². The second kappa shape index (κ2) is 5.40. The highest BCUT2D eigenvalue weighted by atomic mass is 32.1. The molecule has 0 aliphatic carbocycles. The van der Waals surface area contributed by atoms with Crippen molar-refractivity contribution in [1.82, 2.24) is 20.1 Å². The average molecular weight is 280 g/mol. The Morgan fingerprint density at radius 2 is 2.26 bits per heavy atom. The number of thiol groups is 1. The van der Waals surface area contributed by atoms with E-state index in [4.69, 9.17) is 0 Å². The smallest absolute Gasteiger partial charge is 0.251 e. The second-order valence-electron chi connectivity index (χ2n) is 4.16. The molecule has 1 heterocycles. The zero-order valence-corrected chi connectivity index (χ0v) is 11.4. The Balaban J connectivity index is 2.13. The molecule has 0 fully saturated rings. The van der Waals surface area contributed by atoms with Gasteiger partial charge in [0, 0.05) is 17.5 Å². The number of benzene rings is 1. The fourth-order valence-corrected chi connectivity index (χ4v) is 1.90.